The summed E-state index contributed by atoms with van der Waals surface area (Å²) in [5.41, 5.74) is 4.45. The standard InChI is InChI=1S/C16H26N2/c1-6-14-9-15(8-7-12(14)2)18-11-16(4,5)17-10-13(18)3/h7-9,13,17H,6,10-11H2,1-5H3. The Balaban J connectivity index is 2.29. The van der Waals surface area contributed by atoms with Gasteiger partial charge in [0.15, 0.2) is 0 Å². The third-order valence-corrected chi connectivity index (χ3v) is 4.02. The SMILES string of the molecule is CCc1cc(N2CC(C)(C)NCC2C)ccc1C. The van der Waals surface area contributed by atoms with E-state index in [-0.39, 0.29) is 5.54 Å². The molecule has 0 bridgehead atoms. The quantitative estimate of drug-likeness (QED) is 0.862. The Morgan fingerprint density at radius 1 is 1.39 bits per heavy atom. The molecule has 2 nitrogen and oxygen atoms in total. The number of hydrogen-bond donors (Lipinski definition) is 1. The van der Waals surface area contributed by atoms with E-state index in [0.717, 1.165) is 19.5 Å². The van der Waals surface area contributed by atoms with Gasteiger partial charge in [-0.05, 0) is 57.4 Å². The van der Waals surface area contributed by atoms with Crippen molar-refractivity contribution in [2.24, 2.45) is 0 Å². The van der Waals surface area contributed by atoms with E-state index in [1.165, 1.54) is 16.8 Å². The van der Waals surface area contributed by atoms with Crippen LogP contribution in [0.25, 0.3) is 0 Å². The van der Waals surface area contributed by atoms with Gasteiger partial charge < -0.3 is 10.2 Å². The van der Waals surface area contributed by atoms with Crippen molar-refractivity contribution < 1.29 is 0 Å². The van der Waals surface area contributed by atoms with Crippen LogP contribution in [0.2, 0.25) is 0 Å². The summed E-state index contributed by atoms with van der Waals surface area (Å²) in [4.78, 5) is 2.54. The second kappa shape index (κ2) is 4.93. The van der Waals surface area contributed by atoms with E-state index in [2.05, 4.69) is 63.0 Å². The average Bonchev–Trinajstić information content (AvgIpc) is 2.33. The van der Waals surface area contributed by atoms with E-state index >= 15 is 0 Å². The molecule has 0 aromatic heterocycles. The molecule has 1 atom stereocenters. The van der Waals surface area contributed by atoms with Gasteiger partial charge in [-0.2, -0.15) is 0 Å². The summed E-state index contributed by atoms with van der Waals surface area (Å²) in [6.45, 7) is 13.4. The normalized spacial score (nSPS) is 23.2. The largest absolute Gasteiger partial charge is 0.366 e. The first-order valence-electron chi connectivity index (χ1n) is 7.04. The molecule has 1 heterocycles. The highest BCUT2D eigenvalue weighted by atomic mass is 15.2. The van der Waals surface area contributed by atoms with Gasteiger partial charge in [-0.15, -0.1) is 0 Å². The number of piperazine rings is 1. The number of nitrogens with zero attached hydrogens (tertiary/aromatic N) is 1. The van der Waals surface area contributed by atoms with Gasteiger partial charge in [-0.1, -0.05) is 13.0 Å². The minimum absolute atomic E-state index is 0.198. The fourth-order valence-corrected chi connectivity index (χ4v) is 2.73. The van der Waals surface area contributed by atoms with E-state index in [4.69, 9.17) is 0 Å². The van der Waals surface area contributed by atoms with Crippen LogP contribution in [0.1, 0.15) is 38.8 Å². The van der Waals surface area contributed by atoms with Gasteiger partial charge in [0.1, 0.15) is 0 Å². The van der Waals surface area contributed by atoms with Crippen LogP contribution in [0.5, 0.6) is 0 Å². The molecule has 0 aliphatic carbocycles. The van der Waals surface area contributed by atoms with Crippen LogP contribution in [0.3, 0.4) is 0 Å². The molecule has 1 N–H and O–H groups in total. The van der Waals surface area contributed by atoms with Gasteiger partial charge in [0.2, 0.25) is 0 Å². The molecule has 1 aliphatic rings. The van der Waals surface area contributed by atoms with Crippen molar-refractivity contribution in [2.75, 3.05) is 18.0 Å². The Morgan fingerprint density at radius 2 is 2.11 bits per heavy atom. The summed E-state index contributed by atoms with van der Waals surface area (Å²) in [6.07, 6.45) is 1.11. The second-order valence-corrected chi connectivity index (χ2v) is 6.21. The van der Waals surface area contributed by atoms with Crippen molar-refractivity contribution >= 4 is 5.69 Å². The van der Waals surface area contributed by atoms with E-state index in [9.17, 15) is 0 Å². The highest BCUT2D eigenvalue weighted by Gasteiger charge is 2.30. The lowest BCUT2D eigenvalue weighted by Crippen LogP contribution is -2.61. The maximum Gasteiger partial charge on any atom is 0.0387 e. The Bertz CT molecular complexity index is 423. The van der Waals surface area contributed by atoms with Crippen LogP contribution < -0.4 is 10.2 Å². The summed E-state index contributed by atoms with van der Waals surface area (Å²) in [5, 5.41) is 3.61. The van der Waals surface area contributed by atoms with Crippen LogP contribution >= 0.6 is 0 Å². The van der Waals surface area contributed by atoms with E-state index in [0.29, 0.717) is 6.04 Å². The lowest BCUT2D eigenvalue weighted by molar-refractivity contribution is 0.318. The summed E-state index contributed by atoms with van der Waals surface area (Å²) >= 11 is 0. The number of rotatable bonds is 2. The van der Waals surface area contributed by atoms with Crippen LogP contribution in [0.4, 0.5) is 5.69 Å². The zero-order chi connectivity index (χ0) is 13.3. The van der Waals surface area contributed by atoms with Crippen LogP contribution in [0.15, 0.2) is 18.2 Å². The van der Waals surface area contributed by atoms with Gasteiger partial charge in [-0.25, -0.2) is 0 Å². The zero-order valence-corrected chi connectivity index (χ0v) is 12.4. The third-order valence-electron chi connectivity index (χ3n) is 4.02. The van der Waals surface area contributed by atoms with Crippen molar-refractivity contribution in [3.05, 3.63) is 29.3 Å². The van der Waals surface area contributed by atoms with Crippen molar-refractivity contribution in [1.82, 2.24) is 5.32 Å². The molecule has 0 radical (unpaired) electrons. The Kier molecular flexibility index (Phi) is 3.67. The maximum absolute atomic E-state index is 3.61. The monoisotopic (exact) mass is 246 g/mol. The molecular weight excluding hydrogens is 220 g/mol. The first-order valence-corrected chi connectivity index (χ1v) is 7.04. The number of anilines is 1. The van der Waals surface area contributed by atoms with Gasteiger partial charge in [0.25, 0.3) is 0 Å². The Hall–Kier alpha value is -1.02. The van der Waals surface area contributed by atoms with Gasteiger partial charge in [0.05, 0.1) is 0 Å². The van der Waals surface area contributed by atoms with Gasteiger partial charge in [-0.3, -0.25) is 0 Å². The predicted octanol–water partition coefficient (Wildman–Crippen LogP) is 3.13. The topological polar surface area (TPSA) is 15.3 Å². The number of hydrogen-bond acceptors (Lipinski definition) is 2. The molecule has 100 valence electrons. The fourth-order valence-electron chi connectivity index (χ4n) is 2.73. The highest BCUT2D eigenvalue weighted by Crippen LogP contribution is 2.25. The lowest BCUT2D eigenvalue weighted by Gasteiger charge is -2.45. The van der Waals surface area contributed by atoms with Gasteiger partial charge in [0, 0.05) is 30.4 Å². The molecule has 1 unspecified atom stereocenters. The lowest BCUT2D eigenvalue weighted by atomic mass is 9.97. The van der Waals surface area contributed by atoms with Gasteiger partial charge >= 0.3 is 0 Å². The van der Waals surface area contributed by atoms with Crippen molar-refractivity contribution in [3.63, 3.8) is 0 Å². The van der Waals surface area contributed by atoms with E-state index in [1.807, 2.05) is 0 Å². The molecule has 2 heteroatoms. The Labute approximate surface area is 111 Å². The number of nitrogens with one attached hydrogen (secondary N) is 1. The first-order chi connectivity index (χ1) is 8.43. The summed E-state index contributed by atoms with van der Waals surface area (Å²) < 4.78 is 0. The van der Waals surface area contributed by atoms with E-state index in [1.54, 1.807) is 0 Å². The highest BCUT2D eigenvalue weighted by molar-refractivity contribution is 5.52. The summed E-state index contributed by atoms with van der Waals surface area (Å²) in [7, 11) is 0. The minimum atomic E-state index is 0.198. The average molecular weight is 246 g/mol. The molecule has 1 fully saturated rings. The van der Waals surface area contributed by atoms with Crippen molar-refractivity contribution in [1.29, 1.82) is 0 Å². The number of benzene rings is 1. The molecule has 1 aromatic rings. The van der Waals surface area contributed by atoms with E-state index < -0.39 is 0 Å². The summed E-state index contributed by atoms with van der Waals surface area (Å²) in [5.74, 6) is 0. The molecule has 1 saturated heterocycles. The van der Waals surface area contributed by atoms with Crippen LogP contribution in [0, 0.1) is 6.92 Å². The molecule has 0 spiro atoms. The Morgan fingerprint density at radius 3 is 2.78 bits per heavy atom. The third kappa shape index (κ3) is 2.69. The predicted molar refractivity (Wildman–Crippen MR) is 79.4 cm³/mol. The van der Waals surface area contributed by atoms with Crippen molar-refractivity contribution in [3.8, 4) is 0 Å². The molecule has 2 rings (SSSR count). The second-order valence-electron chi connectivity index (χ2n) is 6.21. The maximum atomic E-state index is 3.61. The zero-order valence-electron chi connectivity index (χ0n) is 12.4. The smallest absolute Gasteiger partial charge is 0.0387 e. The van der Waals surface area contributed by atoms with Crippen molar-refractivity contribution in [2.45, 2.75) is 52.6 Å². The minimum Gasteiger partial charge on any atom is -0.366 e. The first kappa shape index (κ1) is 13.4. The molecule has 1 aliphatic heterocycles. The van der Waals surface area contributed by atoms with Crippen LogP contribution in [-0.2, 0) is 6.42 Å². The molecule has 1 aromatic carbocycles. The molecule has 0 saturated carbocycles. The molecule has 18 heavy (non-hydrogen) atoms. The summed E-state index contributed by atoms with van der Waals surface area (Å²) in [6, 6.07) is 7.46. The molecule has 0 amide bonds. The number of aryl methyl sites for hydroxylation is 2. The van der Waals surface area contributed by atoms with Crippen LogP contribution in [-0.4, -0.2) is 24.7 Å². The molecular formula is C16H26N2. The fraction of sp³-hybridized carbons (Fsp3) is 0.625.